The monoisotopic (exact) mass is 397 g/mol. The fourth-order valence-corrected chi connectivity index (χ4v) is 3.65. The van der Waals surface area contributed by atoms with Crippen LogP contribution in [0.1, 0.15) is 11.5 Å². The number of hydrogen-bond acceptors (Lipinski definition) is 6. The van der Waals surface area contributed by atoms with Gasteiger partial charge in [-0.05, 0) is 24.6 Å². The van der Waals surface area contributed by atoms with E-state index in [1.54, 1.807) is 6.07 Å². The smallest absolute Gasteiger partial charge is 0.249 e. The van der Waals surface area contributed by atoms with Gasteiger partial charge in [0.05, 0.1) is 16.3 Å². The summed E-state index contributed by atoms with van der Waals surface area (Å²) < 4.78 is 7.71. The van der Waals surface area contributed by atoms with E-state index in [0.29, 0.717) is 22.6 Å². The van der Waals surface area contributed by atoms with Crippen molar-refractivity contribution < 1.29 is 4.42 Å². The predicted octanol–water partition coefficient (Wildman–Crippen LogP) is 4.79. The van der Waals surface area contributed by atoms with Crippen LogP contribution in [0.3, 0.4) is 0 Å². The Morgan fingerprint density at radius 1 is 0.963 bits per heavy atom. The highest BCUT2D eigenvalue weighted by Crippen LogP contribution is 2.29. The van der Waals surface area contributed by atoms with Crippen LogP contribution >= 0.6 is 23.4 Å². The Hall–Kier alpha value is -2.64. The second-order valence-corrected chi connectivity index (χ2v) is 7.30. The van der Waals surface area contributed by atoms with Crippen LogP contribution in [0.15, 0.2) is 58.1 Å². The van der Waals surface area contributed by atoms with E-state index in [1.807, 2.05) is 48.0 Å². The SMILES string of the molecule is Cc1ccccc1-c1nnc(SCc2nnc(-c3ccccc3Cl)o2)n1C. The van der Waals surface area contributed by atoms with Crippen molar-refractivity contribution in [3.8, 4) is 22.8 Å². The molecule has 0 aliphatic carbocycles. The lowest BCUT2D eigenvalue weighted by molar-refractivity contribution is 0.528. The van der Waals surface area contributed by atoms with Crippen molar-refractivity contribution in [3.63, 3.8) is 0 Å². The van der Waals surface area contributed by atoms with Gasteiger partial charge in [0, 0.05) is 12.6 Å². The lowest BCUT2D eigenvalue weighted by Gasteiger charge is -2.05. The van der Waals surface area contributed by atoms with Crippen LogP contribution in [0.2, 0.25) is 5.02 Å². The van der Waals surface area contributed by atoms with Crippen LogP contribution in [-0.4, -0.2) is 25.0 Å². The standard InChI is InChI=1S/C19H16ClN5OS/c1-12-7-3-4-8-13(12)17-22-24-19(25(17)2)27-11-16-21-23-18(26-16)14-9-5-6-10-15(14)20/h3-10H,11H2,1-2H3. The van der Waals surface area contributed by atoms with E-state index in [1.165, 1.54) is 11.8 Å². The van der Waals surface area contributed by atoms with Gasteiger partial charge in [0.15, 0.2) is 11.0 Å². The molecule has 0 amide bonds. The molecule has 0 saturated carbocycles. The number of halogens is 1. The molecule has 0 fully saturated rings. The van der Waals surface area contributed by atoms with Crippen molar-refractivity contribution in [3.05, 3.63) is 65.0 Å². The molecular formula is C19H16ClN5OS. The van der Waals surface area contributed by atoms with Gasteiger partial charge in [-0.15, -0.1) is 20.4 Å². The number of hydrogen-bond donors (Lipinski definition) is 0. The normalized spacial score (nSPS) is 11.1. The number of thioether (sulfide) groups is 1. The lowest BCUT2D eigenvalue weighted by Crippen LogP contribution is -1.96. The largest absolute Gasteiger partial charge is 0.420 e. The molecule has 0 radical (unpaired) electrons. The van der Waals surface area contributed by atoms with E-state index >= 15 is 0 Å². The number of nitrogens with zero attached hydrogens (tertiary/aromatic N) is 5. The average Bonchev–Trinajstić information content (AvgIpc) is 3.28. The third-order valence-electron chi connectivity index (χ3n) is 4.12. The molecule has 8 heteroatoms. The molecule has 27 heavy (non-hydrogen) atoms. The van der Waals surface area contributed by atoms with Crippen molar-refractivity contribution in [2.24, 2.45) is 7.05 Å². The van der Waals surface area contributed by atoms with E-state index in [0.717, 1.165) is 27.7 Å². The number of benzene rings is 2. The first-order valence-corrected chi connectivity index (χ1v) is 9.65. The zero-order valence-electron chi connectivity index (χ0n) is 14.8. The number of rotatable bonds is 5. The van der Waals surface area contributed by atoms with E-state index in [2.05, 4.69) is 33.4 Å². The van der Waals surface area contributed by atoms with Gasteiger partial charge in [0.25, 0.3) is 0 Å². The van der Waals surface area contributed by atoms with E-state index in [4.69, 9.17) is 16.0 Å². The van der Waals surface area contributed by atoms with Gasteiger partial charge in [-0.1, -0.05) is 59.8 Å². The van der Waals surface area contributed by atoms with Crippen molar-refractivity contribution >= 4 is 23.4 Å². The first-order chi connectivity index (χ1) is 13.1. The average molecular weight is 398 g/mol. The first kappa shape index (κ1) is 17.8. The highest BCUT2D eigenvalue weighted by Gasteiger charge is 2.15. The summed E-state index contributed by atoms with van der Waals surface area (Å²) in [6.07, 6.45) is 0. The molecule has 4 aromatic rings. The molecule has 2 aromatic carbocycles. The van der Waals surface area contributed by atoms with Crippen molar-refractivity contribution in [2.75, 3.05) is 0 Å². The fourth-order valence-electron chi connectivity index (χ4n) is 2.68. The molecular weight excluding hydrogens is 382 g/mol. The summed E-state index contributed by atoms with van der Waals surface area (Å²) in [4.78, 5) is 0. The molecule has 6 nitrogen and oxygen atoms in total. The third kappa shape index (κ3) is 3.61. The highest BCUT2D eigenvalue weighted by atomic mass is 35.5. The van der Waals surface area contributed by atoms with E-state index in [-0.39, 0.29) is 0 Å². The second kappa shape index (κ2) is 7.54. The van der Waals surface area contributed by atoms with Crippen LogP contribution in [0.25, 0.3) is 22.8 Å². The maximum absolute atomic E-state index is 6.18. The third-order valence-corrected chi connectivity index (χ3v) is 5.45. The summed E-state index contributed by atoms with van der Waals surface area (Å²) in [5, 5.41) is 18.2. The first-order valence-electron chi connectivity index (χ1n) is 8.29. The van der Waals surface area contributed by atoms with Crippen LogP contribution in [-0.2, 0) is 12.8 Å². The summed E-state index contributed by atoms with van der Waals surface area (Å²) in [5.41, 5.74) is 2.95. The molecule has 0 N–H and O–H groups in total. The molecule has 0 aliphatic heterocycles. The second-order valence-electron chi connectivity index (χ2n) is 5.95. The minimum Gasteiger partial charge on any atom is -0.420 e. The molecule has 0 spiro atoms. The molecule has 0 aliphatic rings. The molecule has 0 bridgehead atoms. The van der Waals surface area contributed by atoms with Crippen LogP contribution < -0.4 is 0 Å². The quantitative estimate of drug-likeness (QED) is 0.451. The zero-order valence-corrected chi connectivity index (χ0v) is 16.3. The van der Waals surface area contributed by atoms with Crippen molar-refractivity contribution in [1.82, 2.24) is 25.0 Å². The summed E-state index contributed by atoms with van der Waals surface area (Å²) in [6.45, 7) is 2.06. The fraction of sp³-hybridized carbons (Fsp3) is 0.158. The summed E-state index contributed by atoms with van der Waals surface area (Å²) in [5.74, 6) is 2.25. The van der Waals surface area contributed by atoms with Crippen molar-refractivity contribution in [2.45, 2.75) is 17.8 Å². The van der Waals surface area contributed by atoms with Crippen LogP contribution in [0, 0.1) is 6.92 Å². The highest BCUT2D eigenvalue weighted by molar-refractivity contribution is 7.98. The zero-order chi connectivity index (χ0) is 18.8. The molecule has 2 heterocycles. The van der Waals surface area contributed by atoms with E-state index in [9.17, 15) is 0 Å². The number of aryl methyl sites for hydroxylation is 1. The Bertz CT molecular complexity index is 1090. The lowest BCUT2D eigenvalue weighted by atomic mass is 10.1. The topological polar surface area (TPSA) is 69.6 Å². The summed E-state index contributed by atoms with van der Waals surface area (Å²) in [6, 6.07) is 15.5. The maximum atomic E-state index is 6.18. The molecule has 0 saturated heterocycles. The minimum absolute atomic E-state index is 0.412. The Kier molecular flexibility index (Phi) is 4.96. The van der Waals surface area contributed by atoms with Gasteiger partial charge >= 0.3 is 0 Å². The minimum atomic E-state index is 0.412. The molecule has 0 atom stereocenters. The van der Waals surface area contributed by atoms with E-state index < -0.39 is 0 Å². The Morgan fingerprint density at radius 2 is 1.70 bits per heavy atom. The summed E-state index contributed by atoms with van der Waals surface area (Å²) >= 11 is 7.68. The molecule has 2 aromatic heterocycles. The van der Waals surface area contributed by atoms with Gasteiger partial charge in [-0.3, -0.25) is 0 Å². The van der Waals surface area contributed by atoms with Crippen LogP contribution in [0.4, 0.5) is 0 Å². The number of aromatic nitrogens is 5. The van der Waals surface area contributed by atoms with Gasteiger partial charge in [-0.2, -0.15) is 0 Å². The van der Waals surface area contributed by atoms with Crippen molar-refractivity contribution in [1.29, 1.82) is 0 Å². The van der Waals surface area contributed by atoms with Crippen LogP contribution in [0.5, 0.6) is 0 Å². The Morgan fingerprint density at radius 3 is 2.48 bits per heavy atom. The Labute approximate surface area is 165 Å². The van der Waals surface area contributed by atoms with Gasteiger partial charge in [-0.25, -0.2) is 0 Å². The van der Waals surface area contributed by atoms with Gasteiger partial charge in [0.2, 0.25) is 11.8 Å². The Balaban J connectivity index is 1.51. The molecule has 136 valence electrons. The predicted molar refractivity (Wildman–Crippen MR) is 105 cm³/mol. The molecule has 4 rings (SSSR count). The van der Waals surface area contributed by atoms with Gasteiger partial charge < -0.3 is 8.98 Å². The summed E-state index contributed by atoms with van der Waals surface area (Å²) in [7, 11) is 1.95. The van der Waals surface area contributed by atoms with Gasteiger partial charge in [0.1, 0.15) is 0 Å². The maximum Gasteiger partial charge on any atom is 0.249 e. The molecule has 0 unspecified atom stereocenters.